The van der Waals surface area contributed by atoms with Crippen molar-refractivity contribution in [3.05, 3.63) is 34.9 Å². The molecule has 1 N–H and O–H groups in total. The van der Waals surface area contributed by atoms with E-state index in [9.17, 15) is 10.1 Å². The topological polar surface area (TPSA) is 52.9 Å². The quantitative estimate of drug-likeness (QED) is 0.651. The highest BCUT2D eigenvalue weighted by atomic mass is 16.1. The molecule has 1 saturated carbocycles. The van der Waals surface area contributed by atoms with E-state index in [0.717, 1.165) is 44.3 Å². The summed E-state index contributed by atoms with van der Waals surface area (Å²) >= 11 is 0. The number of benzene rings is 1. The number of rotatable bonds is 4. The SMILES string of the molecule is BC1CCCc2cc(CC(C#N)NC(=O)C3CCCCCCC3)ccc2C1. The first kappa shape index (κ1) is 20.0. The van der Waals surface area contributed by atoms with Gasteiger partial charge >= 0.3 is 0 Å². The van der Waals surface area contributed by atoms with Crippen LogP contribution in [0.15, 0.2) is 18.2 Å². The van der Waals surface area contributed by atoms with E-state index < -0.39 is 6.04 Å². The molecule has 3 nitrogen and oxygen atoms in total. The lowest BCUT2D eigenvalue weighted by molar-refractivity contribution is -0.126. The summed E-state index contributed by atoms with van der Waals surface area (Å²) in [6.45, 7) is 0. The minimum atomic E-state index is -0.425. The number of hydrogen-bond acceptors (Lipinski definition) is 2. The summed E-state index contributed by atoms with van der Waals surface area (Å²) < 4.78 is 0. The van der Waals surface area contributed by atoms with Gasteiger partial charge in [-0.25, -0.2) is 0 Å². The first-order chi connectivity index (χ1) is 13.2. The molecule has 0 aliphatic heterocycles. The number of nitrogens with one attached hydrogen (secondary N) is 1. The van der Waals surface area contributed by atoms with E-state index in [1.807, 2.05) is 0 Å². The molecule has 2 atom stereocenters. The average molecular weight is 364 g/mol. The molecular weight excluding hydrogens is 331 g/mol. The van der Waals surface area contributed by atoms with Crippen LogP contribution in [0.3, 0.4) is 0 Å². The summed E-state index contributed by atoms with van der Waals surface area (Å²) in [4.78, 5) is 12.7. The van der Waals surface area contributed by atoms with Crippen LogP contribution in [0.25, 0.3) is 0 Å². The lowest BCUT2D eigenvalue weighted by Crippen LogP contribution is -2.39. The number of hydrogen-bond donors (Lipinski definition) is 1. The Hall–Kier alpha value is -1.76. The second-order valence-electron chi connectivity index (χ2n) is 8.74. The molecule has 1 aromatic carbocycles. The van der Waals surface area contributed by atoms with Crippen molar-refractivity contribution in [2.45, 2.75) is 88.9 Å². The molecule has 144 valence electrons. The highest BCUT2D eigenvalue weighted by molar-refractivity contribution is 6.11. The zero-order chi connectivity index (χ0) is 19.1. The minimum absolute atomic E-state index is 0.0898. The summed E-state index contributed by atoms with van der Waals surface area (Å²) in [5.74, 6) is 0.939. The molecule has 2 aliphatic rings. The molecule has 3 rings (SSSR count). The molecular formula is C23H33BN2O. The van der Waals surface area contributed by atoms with Gasteiger partial charge in [-0.3, -0.25) is 4.79 Å². The molecule has 1 fully saturated rings. The van der Waals surface area contributed by atoms with Gasteiger partial charge in [0.15, 0.2) is 0 Å². The molecule has 0 radical (unpaired) electrons. The van der Waals surface area contributed by atoms with E-state index in [4.69, 9.17) is 0 Å². The second-order valence-corrected chi connectivity index (χ2v) is 8.74. The van der Waals surface area contributed by atoms with Crippen LogP contribution in [0, 0.1) is 17.2 Å². The van der Waals surface area contributed by atoms with Gasteiger partial charge in [0.25, 0.3) is 0 Å². The van der Waals surface area contributed by atoms with E-state index in [0.29, 0.717) is 6.42 Å². The van der Waals surface area contributed by atoms with E-state index in [-0.39, 0.29) is 11.8 Å². The van der Waals surface area contributed by atoms with Gasteiger partial charge in [-0.15, -0.1) is 0 Å². The normalized spacial score (nSPS) is 22.4. The number of aryl methyl sites for hydroxylation is 1. The predicted molar refractivity (Wildman–Crippen MR) is 112 cm³/mol. The van der Waals surface area contributed by atoms with Crippen molar-refractivity contribution in [2.24, 2.45) is 5.92 Å². The summed E-state index contributed by atoms with van der Waals surface area (Å²) in [6, 6.07) is 8.57. The predicted octanol–water partition coefficient (Wildman–Crippen LogP) is 3.90. The van der Waals surface area contributed by atoms with Crippen molar-refractivity contribution < 1.29 is 4.79 Å². The third-order valence-electron chi connectivity index (χ3n) is 6.37. The molecule has 4 heteroatoms. The number of fused-ring (bicyclic) bond motifs is 1. The number of nitriles is 1. The average Bonchev–Trinajstić information content (AvgIpc) is 2.81. The number of carbonyl (C=O) groups is 1. The van der Waals surface area contributed by atoms with Crippen molar-refractivity contribution in [2.75, 3.05) is 0 Å². The second kappa shape index (κ2) is 9.97. The Kier molecular flexibility index (Phi) is 7.38. The number of nitrogens with zero attached hydrogens (tertiary/aromatic N) is 1. The van der Waals surface area contributed by atoms with Crippen LogP contribution in [0.1, 0.15) is 74.5 Å². The molecule has 0 bridgehead atoms. The summed E-state index contributed by atoms with van der Waals surface area (Å²) in [6.07, 6.45) is 13.4. The van der Waals surface area contributed by atoms with Crippen LogP contribution in [0.5, 0.6) is 0 Å². The first-order valence-electron chi connectivity index (χ1n) is 11.0. The van der Waals surface area contributed by atoms with E-state index in [1.165, 1.54) is 48.8 Å². The molecule has 0 spiro atoms. The minimum Gasteiger partial charge on any atom is -0.340 e. The van der Waals surface area contributed by atoms with Gasteiger partial charge in [0.2, 0.25) is 5.91 Å². The van der Waals surface area contributed by atoms with Crippen LogP contribution < -0.4 is 5.32 Å². The fourth-order valence-electron chi connectivity index (χ4n) is 4.73. The zero-order valence-corrected chi connectivity index (χ0v) is 16.8. The van der Waals surface area contributed by atoms with Gasteiger partial charge in [-0.1, -0.05) is 62.5 Å². The Labute approximate surface area is 165 Å². The molecule has 0 saturated heterocycles. The van der Waals surface area contributed by atoms with E-state index >= 15 is 0 Å². The lowest BCUT2D eigenvalue weighted by atomic mass is 9.80. The van der Waals surface area contributed by atoms with Gasteiger partial charge < -0.3 is 5.32 Å². The Morgan fingerprint density at radius 2 is 1.85 bits per heavy atom. The molecule has 27 heavy (non-hydrogen) atoms. The summed E-state index contributed by atoms with van der Waals surface area (Å²) in [5, 5.41) is 12.6. The van der Waals surface area contributed by atoms with Crippen molar-refractivity contribution >= 4 is 13.8 Å². The van der Waals surface area contributed by atoms with E-state index in [1.54, 1.807) is 0 Å². The molecule has 0 aromatic heterocycles. The zero-order valence-electron chi connectivity index (χ0n) is 16.8. The molecule has 0 heterocycles. The Morgan fingerprint density at radius 3 is 2.59 bits per heavy atom. The Bertz CT molecular complexity index is 673. The fourth-order valence-corrected chi connectivity index (χ4v) is 4.73. The summed E-state index contributed by atoms with van der Waals surface area (Å²) in [7, 11) is 2.33. The van der Waals surface area contributed by atoms with Gasteiger partial charge in [-0.05, 0) is 48.8 Å². The van der Waals surface area contributed by atoms with Gasteiger partial charge in [0.05, 0.1) is 6.07 Å². The summed E-state index contributed by atoms with van der Waals surface area (Å²) in [5.41, 5.74) is 4.09. The maximum atomic E-state index is 12.7. The maximum absolute atomic E-state index is 12.7. The van der Waals surface area contributed by atoms with Crippen LogP contribution in [-0.2, 0) is 24.1 Å². The van der Waals surface area contributed by atoms with Crippen LogP contribution in [0.4, 0.5) is 0 Å². The number of carbonyl (C=O) groups excluding carboxylic acids is 1. The smallest absolute Gasteiger partial charge is 0.224 e. The number of amides is 1. The molecule has 1 amide bonds. The standard InChI is InChI=1S/C23H33BN2O/c24-21-10-6-9-19-13-17(11-12-20(19)15-21)14-22(16-25)26-23(27)18-7-4-2-1-3-5-8-18/h11-13,18,21-22H,1-10,14-15,24H2,(H,26,27). The Morgan fingerprint density at radius 1 is 1.11 bits per heavy atom. The van der Waals surface area contributed by atoms with Crippen molar-refractivity contribution in [3.8, 4) is 6.07 Å². The highest BCUT2D eigenvalue weighted by Crippen LogP contribution is 2.27. The lowest BCUT2D eigenvalue weighted by Gasteiger charge is -2.21. The van der Waals surface area contributed by atoms with Crippen molar-refractivity contribution in [1.29, 1.82) is 5.26 Å². The first-order valence-corrected chi connectivity index (χ1v) is 11.0. The van der Waals surface area contributed by atoms with Crippen molar-refractivity contribution in [1.82, 2.24) is 5.32 Å². The van der Waals surface area contributed by atoms with Gasteiger partial charge in [-0.2, -0.15) is 5.26 Å². The van der Waals surface area contributed by atoms with Crippen LogP contribution in [-0.4, -0.2) is 19.8 Å². The highest BCUT2D eigenvalue weighted by Gasteiger charge is 2.22. The molecule has 2 aliphatic carbocycles. The van der Waals surface area contributed by atoms with Crippen molar-refractivity contribution in [3.63, 3.8) is 0 Å². The van der Waals surface area contributed by atoms with Crippen LogP contribution in [0.2, 0.25) is 5.82 Å². The third-order valence-corrected chi connectivity index (χ3v) is 6.37. The van der Waals surface area contributed by atoms with Crippen LogP contribution >= 0.6 is 0 Å². The molecule has 2 unspecified atom stereocenters. The fraction of sp³-hybridized carbons (Fsp3) is 0.652. The Balaban J connectivity index is 1.60. The van der Waals surface area contributed by atoms with Gasteiger partial charge in [0, 0.05) is 12.3 Å². The maximum Gasteiger partial charge on any atom is 0.224 e. The van der Waals surface area contributed by atoms with E-state index in [2.05, 4.69) is 37.4 Å². The largest absolute Gasteiger partial charge is 0.340 e. The molecule has 1 aromatic rings. The third kappa shape index (κ3) is 5.86. The monoisotopic (exact) mass is 364 g/mol. The van der Waals surface area contributed by atoms with Gasteiger partial charge in [0.1, 0.15) is 13.9 Å².